The molecule has 1 aromatic heterocycles. The summed E-state index contributed by atoms with van der Waals surface area (Å²) in [6.45, 7) is 6.12. The zero-order chi connectivity index (χ0) is 24.0. The Hall–Kier alpha value is -3.91. The van der Waals surface area contributed by atoms with Crippen LogP contribution in [0.1, 0.15) is 32.0 Å². The predicted octanol–water partition coefficient (Wildman–Crippen LogP) is 3.13. The fourth-order valence-electron chi connectivity index (χ4n) is 2.89. The Bertz CT molecular complexity index is 1220. The number of anilines is 3. The summed E-state index contributed by atoms with van der Waals surface area (Å²) in [6, 6.07) is 15.6. The Morgan fingerprint density at radius 1 is 1.06 bits per heavy atom. The number of urea groups is 1. The van der Waals surface area contributed by atoms with Gasteiger partial charge in [-0.05, 0) is 62.7 Å². The first-order valence-corrected chi connectivity index (χ1v) is 10.6. The van der Waals surface area contributed by atoms with Gasteiger partial charge in [-0.15, -0.1) is 0 Å². The lowest BCUT2D eigenvalue weighted by atomic mass is 10.0. The summed E-state index contributed by atoms with van der Waals surface area (Å²) in [5.74, 6) is 0.131. The van der Waals surface area contributed by atoms with Crippen molar-refractivity contribution in [2.24, 2.45) is 5.73 Å². The van der Waals surface area contributed by atoms with Gasteiger partial charge < -0.3 is 22.1 Å². The van der Waals surface area contributed by atoms with Crippen LogP contribution in [0, 0.1) is 0 Å². The number of nitrogen functional groups attached to an aromatic ring is 1. The van der Waals surface area contributed by atoms with E-state index in [4.69, 9.17) is 23.1 Å². The number of carbonyl (C=O) groups is 1. The van der Waals surface area contributed by atoms with E-state index in [1.165, 1.54) is 0 Å². The molecule has 3 aromatic rings. The molecule has 0 radical (unpaired) electrons. The van der Waals surface area contributed by atoms with Gasteiger partial charge in [-0.1, -0.05) is 29.8 Å². The van der Waals surface area contributed by atoms with Crippen molar-refractivity contribution in [3.8, 4) is 0 Å². The molecule has 2 aromatic carbocycles. The molecule has 0 atom stereocenters. The molecule has 3 rings (SSSR count). The third-order valence-electron chi connectivity index (χ3n) is 4.40. The second-order valence-electron chi connectivity index (χ2n) is 8.34. The fourth-order valence-corrected chi connectivity index (χ4v) is 3.08. The predicted molar refractivity (Wildman–Crippen MR) is 135 cm³/mol. The molecule has 0 bridgehead atoms. The van der Waals surface area contributed by atoms with Crippen LogP contribution < -0.4 is 27.1 Å². The SMILES string of the molecule is CC(C)(C)[NH+]=CC(=C(N)c1ccnc(N)n1)c1cccc(NC(=O)Nc2cccc(Cl)c2)c1. The van der Waals surface area contributed by atoms with Crippen LogP contribution in [0.25, 0.3) is 11.3 Å². The van der Waals surface area contributed by atoms with Gasteiger partial charge in [0.05, 0.1) is 17.0 Å². The van der Waals surface area contributed by atoms with Gasteiger partial charge in [0.15, 0.2) is 11.8 Å². The molecule has 7 N–H and O–H groups in total. The molecule has 0 aliphatic heterocycles. The van der Waals surface area contributed by atoms with E-state index >= 15 is 0 Å². The largest absolute Gasteiger partial charge is 0.396 e. The minimum absolute atomic E-state index is 0.131. The van der Waals surface area contributed by atoms with Crippen LogP contribution in [0.15, 0.2) is 60.8 Å². The smallest absolute Gasteiger partial charge is 0.323 e. The van der Waals surface area contributed by atoms with Gasteiger partial charge >= 0.3 is 6.03 Å². The number of hydrogen-bond donors (Lipinski definition) is 5. The van der Waals surface area contributed by atoms with E-state index in [-0.39, 0.29) is 11.5 Å². The van der Waals surface area contributed by atoms with Gasteiger partial charge in [-0.25, -0.2) is 19.8 Å². The Labute approximate surface area is 197 Å². The van der Waals surface area contributed by atoms with Crippen LogP contribution >= 0.6 is 11.6 Å². The lowest BCUT2D eigenvalue weighted by molar-refractivity contribution is -0.533. The maximum atomic E-state index is 12.5. The number of hydrogen-bond acceptors (Lipinski definition) is 5. The third kappa shape index (κ3) is 7.05. The molecule has 0 spiro atoms. The lowest BCUT2D eigenvalue weighted by Crippen LogP contribution is -2.81. The maximum absolute atomic E-state index is 12.5. The standard InChI is InChI=1S/C24H26ClN7O/c1-24(2,3)29-14-19(21(26)20-10-11-28-22(27)32-20)15-6-4-8-17(12-15)30-23(33)31-18-9-5-7-16(25)13-18/h4-14H,26H2,1-3H3,(H2,27,28,32)(H2,30,31,33)/p+1. The normalized spacial score (nSPS) is 12.4. The second-order valence-corrected chi connectivity index (χ2v) is 8.77. The zero-order valence-corrected chi connectivity index (χ0v) is 19.4. The van der Waals surface area contributed by atoms with E-state index < -0.39 is 6.03 Å². The molecule has 0 unspecified atom stereocenters. The van der Waals surface area contributed by atoms with Crippen LogP contribution in [0.5, 0.6) is 0 Å². The van der Waals surface area contributed by atoms with Crippen LogP contribution in [0.3, 0.4) is 0 Å². The molecule has 1 heterocycles. The number of benzene rings is 2. The average molecular weight is 465 g/mol. The van der Waals surface area contributed by atoms with E-state index in [1.807, 2.05) is 45.2 Å². The minimum Gasteiger partial charge on any atom is -0.396 e. The van der Waals surface area contributed by atoms with Gasteiger partial charge in [0.25, 0.3) is 0 Å². The highest BCUT2D eigenvalue weighted by atomic mass is 35.5. The maximum Gasteiger partial charge on any atom is 0.323 e. The van der Waals surface area contributed by atoms with Crippen molar-refractivity contribution in [3.05, 3.63) is 77.1 Å². The first-order valence-electron chi connectivity index (χ1n) is 10.2. The third-order valence-corrected chi connectivity index (χ3v) is 4.64. The van der Waals surface area contributed by atoms with Gasteiger partial charge in [0.2, 0.25) is 5.95 Å². The molecule has 33 heavy (non-hydrogen) atoms. The molecular formula is C24H27ClN7O+. The van der Waals surface area contributed by atoms with Crippen molar-refractivity contribution in [1.29, 1.82) is 0 Å². The topological polar surface area (TPSA) is 133 Å². The monoisotopic (exact) mass is 464 g/mol. The molecule has 170 valence electrons. The molecule has 0 saturated heterocycles. The van der Waals surface area contributed by atoms with Crippen LogP contribution in [0.2, 0.25) is 5.02 Å². The van der Waals surface area contributed by atoms with Crippen molar-refractivity contribution in [2.75, 3.05) is 16.4 Å². The molecule has 8 nitrogen and oxygen atoms in total. The summed E-state index contributed by atoms with van der Waals surface area (Å²) in [6.07, 6.45) is 3.39. The fraction of sp³-hybridized carbons (Fsp3) is 0.167. The van der Waals surface area contributed by atoms with Crippen molar-refractivity contribution in [2.45, 2.75) is 26.3 Å². The number of nitrogens with zero attached hydrogens (tertiary/aromatic N) is 2. The van der Waals surface area contributed by atoms with Crippen LogP contribution in [0.4, 0.5) is 22.1 Å². The van der Waals surface area contributed by atoms with Gasteiger partial charge in [0.1, 0.15) is 0 Å². The summed E-state index contributed by atoms with van der Waals surface area (Å²) in [4.78, 5) is 24.0. The van der Waals surface area contributed by atoms with Crippen molar-refractivity contribution >= 4 is 52.4 Å². The molecule has 0 fully saturated rings. The Kier molecular flexibility index (Phi) is 7.30. The van der Waals surface area contributed by atoms with Crippen molar-refractivity contribution in [3.63, 3.8) is 0 Å². The Morgan fingerprint density at radius 3 is 2.36 bits per heavy atom. The molecule has 9 heteroatoms. The van der Waals surface area contributed by atoms with Gasteiger partial charge in [-0.2, -0.15) is 0 Å². The number of amides is 2. The summed E-state index contributed by atoms with van der Waals surface area (Å²) >= 11 is 5.98. The Morgan fingerprint density at radius 2 is 1.73 bits per heavy atom. The summed E-state index contributed by atoms with van der Waals surface area (Å²) in [5.41, 5.74) is 15.6. The Balaban J connectivity index is 1.93. The number of halogens is 1. The minimum atomic E-state index is -0.395. The number of allylic oxidation sites excluding steroid dienone is 1. The average Bonchev–Trinajstić information content (AvgIpc) is 2.73. The highest BCUT2D eigenvalue weighted by Gasteiger charge is 2.17. The highest BCUT2D eigenvalue weighted by molar-refractivity contribution is 6.30. The molecule has 2 amide bonds. The summed E-state index contributed by atoms with van der Waals surface area (Å²) < 4.78 is 0. The van der Waals surface area contributed by atoms with E-state index in [2.05, 4.69) is 25.6 Å². The van der Waals surface area contributed by atoms with Crippen molar-refractivity contribution in [1.82, 2.24) is 9.97 Å². The van der Waals surface area contributed by atoms with E-state index in [0.29, 0.717) is 33.4 Å². The van der Waals surface area contributed by atoms with E-state index in [0.717, 1.165) is 5.56 Å². The first-order chi connectivity index (χ1) is 15.6. The lowest BCUT2D eigenvalue weighted by Gasteiger charge is -2.12. The number of aromatic nitrogens is 2. The number of nitrogens with two attached hydrogens (primary N) is 2. The van der Waals surface area contributed by atoms with Crippen molar-refractivity contribution < 1.29 is 9.79 Å². The van der Waals surface area contributed by atoms with Crippen LogP contribution in [-0.4, -0.2) is 27.8 Å². The number of rotatable bonds is 5. The zero-order valence-electron chi connectivity index (χ0n) is 18.7. The molecule has 0 aliphatic carbocycles. The van der Waals surface area contributed by atoms with Gasteiger partial charge in [0, 0.05) is 22.6 Å². The summed E-state index contributed by atoms with van der Waals surface area (Å²) in [5, 5.41) is 6.12. The first kappa shape index (κ1) is 23.7. The highest BCUT2D eigenvalue weighted by Crippen LogP contribution is 2.23. The van der Waals surface area contributed by atoms with Gasteiger partial charge in [-0.3, -0.25) is 0 Å². The van der Waals surface area contributed by atoms with E-state index in [9.17, 15) is 4.79 Å². The molecule has 0 saturated carbocycles. The summed E-state index contributed by atoms with van der Waals surface area (Å²) in [7, 11) is 0. The molecule has 0 aliphatic rings. The van der Waals surface area contributed by atoms with Crippen LogP contribution in [-0.2, 0) is 0 Å². The number of carbonyl (C=O) groups excluding carboxylic acids is 1. The number of nitrogens with one attached hydrogen (secondary N) is 3. The quantitative estimate of drug-likeness (QED) is 0.370. The second kappa shape index (κ2) is 10.1. The van der Waals surface area contributed by atoms with E-state index in [1.54, 1.807) is 42.6 Å². The molecular weight excluding hydrogens is 438 g/mol.